The second-order valence-electron chi connectivity index (χ2n) is 24.9. The summed E-state index contributed by atoms with van der Waals surface area (Å²) in [7, 11) is 0. The SMILES string of the molecule is CCCCCCCCC/C=C/C(O)C(CO)NC(=O)CCCCCCCCCCCCCCCCCCC/C=C\C/C=C\CCCCCCCCCCCCCCCCCOC(=O)CCCCCCCCCCCCCCCCC. The van der Waals surface area contributed by atoms with Crippen molar-refractivity contribution in [1.82, 2.24) is 5.32 Å². The summed E-state index contributed by atoms with van der Waals surface area (Å²) in [6.07, 6.45) is 89.8. The molecule has 0 rings (SSSR count). The second kappa shape index (κ2) is 69.6. The van der Waals surface area contributed by atoms with E-state index in [1.54, 1.807) is 6.08 Å². The number of carbonyl (C=O) groups excluding carboxylic acids is 2. The number of hydrogen-bond acceptors (Lipinski definition) is 5. The van der Waals surface area contributed by atoms with Gasteiger partial charge in [-0.05, 0) is 64.2 Å². The van der Waals surface area contributed by atoms with Gasteiger partial charge in [-0.25, -0.2) is 0 Å². The summed E-state index contributed by atoms with van der Waals surface area (Å²) in [4.78, 5) is 24.5. The van der Waals surface area contributed by atoms with E-state index in [4.69, 9.17) is 4.74 Å². The zero-order valence-corrected chi connectivity index (χ0v) is 54.1. The first-order valence-corrected chi connectivity index (χ1v) is 36.3. The average molecular weight is 1120 g/mol. The fourth-order valence-corrected chi connectivity index (χ4v) is 11.4. The monoisotopic (exact) mass is 1120 g/mol. The van der Waals surface area contributed by atoms with Crippen LogP contribution in [0.1, 0.15) is 399 Å². The van der Waals surface area contributed by atoms with E-state index in [-0.39, 0.29) is 18.5 Å². The lowest BCUT2D eigenvalue weighted by Crippen LogP contribution is -2.45. The summed E-state index contributed by atoms with van der Waals surface area (Å²) < 4.78 is 5.50. The largest absolute Gasteiger partial charge is 0.466 e. The third-order valence-corrected chi connectivity index (χ3v) is 16.9. The first-order valence-electron chi connectivity index (χ1n) is 36.3. The number of unbranched alkanes of at least 4 members (excludes halogenated alkanes) is 53. The zero-order chi connectivity index (χ0) is 57.8. The van der Waals surface area contributed by atoms with Crippen LogP contribution in [0.25, 0.3) is 0 Å². The first-order chi connectivity index (χ1) is 39.5. The van der Waals surface area contributed by atoms with Crippen molar-refractivity contribution in [2.24, 2.45) is 0 Å². The number of rotatable bonds is 68. The number of allylic oxidation sites excluding steroid dienone is 5. The minimum absolute atomic E-state index is 0.0234. The molecule has 0 aromatic rings. The highest BCUT2D eigenvalue weighted by Crippen LogP contribution is 2.19. The summed E-state index contributed by atoms with van der Waals surface area (Å²) in [6.45, 7) is 4.91. The van der Waals surface area contributed by atoms with Crippen LogP contribution >= 0.6 is 0 Å². The Hall–Kier alpha value is -1.92. The predicted molar refractivity (Wildman–Crippen MR) is 352 cm³/mol. The molecule has 0 aliphatic heterocycles. The standard InChI is InChI=1S/C74H141NO5/c1-3-5-7-9-11-13-14-15-41-45-48-52-56-60-64-68-74(79)80-69-65-61-57-53-49-46-43-40-38-36-34-32-30-28-26-24-22-20-18-16-17-19-21-23-25-27-29-31-33-35-37-39-42-44-47-51-55-59-63-67-73(78)75-71(70-76)72(77)66-62-58-54-50-12-10-8-6-4-2/h16-17,20,22,62,66,71-72,76-77H,3-15,18-19,21,23-61,63-65,67-70H2,1-2H3,(H,75,78)/b17-16-,22-20-,66-62+. The second-order valence-corrected chi connectivity index (χ2v) is 24.9. The van der Waals surface area contributed by atoms with Crippen molar-refractivity contribution in [3.05, 3.63) is 36.5 Å². The lowest BCUT2D eigenvalue weighted by atomic mass is 10.0. The summed E-state index contributed by atoms with van der Waals surface area (Å²) in [6, 6.07) is -0.623. The van der Waals surface area contributed by atoms with Crippen LogP contribution in [0.2, 0.25) is 0 Å². The third kappa shape index (κ3) is 65.2. The van der Waals surface area contributed by atoms with Crippen molar-refractivity contribution in [2.75, 3.05) is 13.2 Å². The molecule has 0 aromatic carbocycles. The van der Waals surface area contributed by atoms with Crippen molar-refractivity contribution in [2.45, 2.75) is 411 Å². The van der Waals surface area contributed by atoms with Crippen LogP contribution in [0.3, 0.4) is 0 Å². The molecule has 6 nitrogen and oxygen atoms in total. The first kappa shape index (κ1) is 78.1. The van der Waals surface area contributed by atoms with Gasteiger partial charge in [0.25, 0.3) is 0 Å². The molecule has 0 radical (unpaired) electrons. The number of esters is 1. The number of nitrogens with one attached hydrogen (secondary N) is 1. The Kier molecular flexibility index (Phi) is 67.9. The van der Waals surface area contributed by atoms with Crippen LogP contribution < -0.4 is 5.32 Å². The van der Waals surface area contributed by atoms with E-state index in [2.05, 4.69) is 43.5 Å². The maximum absolute atomic E-state index is 12.4. The molecule has 2 unspecified atom stereocenters. The molecule has 0 bridgehead atoms. The smallest absolute Gasteiger partial charge is 0.305 e. The molecular formula is C74H141NO5. The van der Waals surface area contributed by atoms with E-state index in [1.807, 2.05) is 6.08 Å². The normalized spacial score (nSPS) is 12.7. The zero-order valence-electron chi connectivity index (χ0n) is 54.1. The molecule has 0 saturated heterocycles. The van der Waals surface area contributed by atoms with E-state index in [1.165, 1.54) is 327 Å². The van der Waals surface area contributed by atoms with Gasteiger partial charge in [0.2, 0.25) is 5.91 Å². The molecule has 2 atom stereocenters. The Morgan fingerprint density at radius 3 is 0.950 bits per heavy atom. The van der Waals surface area contributed by atoms with Crippen molar-refractivity contribution < 1.29 is 24.5 Å². The molecule has 0 fully saturated rings. The van der Waals surface area contributed by atoms with Gasteiger partial charge in [-0.2, -0.15) is 0 Å². The van der Waals surface area contributed by atoms with E-state index in [0.29, 0.717) is 19.4 Å². The average Bonchev–Trinajstić information content (AvgIpc) is 3.46. The predicted octanol–water partition coefficient (Wildman–Crippen LogP) is 23.5. The van der Waals surface area contributed by atoms with Crippen molar-refractivity contribution in [1.29, 1.82) is 0 Å². The third-order valence-electron chi connectivity index (χ3n) is 16.9. The van der Waals surface area contributed by atoms with Gasteiger partial charge in [0.05, 0.1) is 25.4 Å². The Morgan fingerprint density at radius 1 is 0.350 bits per heavy atom. The fourth-order valence-electron chi connectivity index (χ4n) is 11.4. The molecular weight excluding hydrogens is 983 g/mol. The van der Waals surface area contributed by atoms with Crippen LogP contribution in [-0.2, 0) is 14.3 Å². The maximum Gasteiger partial charge on any atom is 0.305 e. The van der Waals surface area contributed by atoms with E-state index in [0.717, 1.165) is 44.9 Å². The summed E-state index contributed by atoms with van der Waals surface area (Å²) in [5.41, 5.74) is 0. The van der Waals surface area contributed by atoms with Crippen LogP contribution in [0.5, 0.6) is 0 Å². The van der Waals surface area contributed by atoms with Gasteiger partial charge in [-0.15, -0.1) is 0 Å². The molecule has 80 heavy (non-hydrogen) atoms. The molecule has 6 heteroatoms. The van der Waals surface area contributed by atoms with Crippen molar-refractivity contribution >= 4 is 11.9 Å². The molecule has 0 saturated carbocycles. The van der Waals surface area contributed by atoms with E-state index < -0.39 is 12.1 Å². The van der Waals surface area contributed by atoms with Crippen LogP contribution in [0.15, 0.2) is 36.5 Å². The molecule has 0 aromatic heterocycles. The highest BCUT2D eigenvalue weighted by atomic mass is 16.5. The van der Waals surface area contributed by atoms with Crippen molar-refractivity contribution in [3.8, 4) is 0 Å². The van der Waals surface area contributed by atoms with Crippen molar-refractivity contribution in [3.63, 3.8) is 0 Å². The molecule has 0 aliphatic carbocycles. The molecule has 3 N–H and O–H groups in total. The van der Waals surface area contributed by atoms with Gasteiger partial charge in [0, 0.05) is 12.8 Å². The number of ether oxygens (including phenoxy) is 1. The number of aliphatic hydroxyl groups excluding tert-OH is 2. The van der Waals surface area contributed by atoms with Gasteiger partial charge >= 0.3 is 5.97 Å². The van der Waals surface area contributed by atoms with Crippen LogP contribution in [-0.4, -0.2) is 47.4 Å². The van der Waals surface area contributed by atoms with Gasteiger partial charge in [0.1, 0.15) is 0 Å². The molecule has 0 heterocycles. The molecule has 0 aliphatic rings. The van der Waals surface area contributed by atoms with Gasteiger partial charge < -0.3 is 20.3 Å². The Morgan fingerprint density at radius 2 is 0.625 bits per heavy atom. The Bertz CT molecular complexity index is 1300. The highest BCUT2D eigenvalue weighted by Gasteiger charge is 2.18. The topological polar surface area (TPSA) is 95.9 Å². The number of aliphatic hydroxyl groups is 2. The minimum Gasteiger partial charge on any atom is -0.466 e. The Balaban J connectivity index is 3.32. The maximum atomic E-state index is 12.4. The summed E-state index contributed by atoms with van der Waals surface area (Å²) in [5, 5.41) is 23.0. The van der Waals surface area contributed by atoms with Gasteiger partial charge in [-0.1, -0.05) is 359 Å². The highest BCUT2D eigenvalue weighted by molar-refractivity contribution is 5.76. The number of amides is 1. The quantitative estimate of drug-likeness (QED) is 0.0320. The minimum atomic E-state index is -0.840. The van der Waals surface area contributed by atoms with E-state index in [9.17, 15) is 19.8 Å². The van der Waals surface area contributed by atoms with Crippen LogP contribution in [0.4, 0.5) is 0 Å². The molecule has 1 amide bonds. The van der Waals surface area contributed by atoms with Gasteiger partial charge in [0.15, 0.2) is 0 Å². The van der Waals surface area contributed by atoms with E-state index >= 15 is 0 Å². The molecule has 472 valence electrons. The number of carbonyl (C=O) groups is 2. The summed E-state index contributed by atoms with van der Waals surface area (Å²) in [5.74, 6) is -0.0429. The van der Waals surface area contributed by atoms with Crippen LogP contribution in [0, 0.1) is 0 Å². The van der Waals surface area contributed by atoms with Gasteiger partial charge in [-0.3, -0.25) is 9.59 Å². The lowest BCUT2D eigenvalue weighted by Gasteiger charge is -2.20. The molecule has 0 spiro atoms. The number of hydrogen-bond donors (Lipinski definition) is 3. The fraction of sp³-hybridized carbons (Fsp3) is 0.892. The Labute approximate surface area is 500 Å². The summed E-state index contributed by atoms with van der Waals surface area (Å²) >= 11 is 0. The lowest BCUT2D eigenvalue weighted by molar-refractivity contribution is -0.143.